The van der Waals surface area contributed by atoms with Crippen LogP contribution in [0.15, 0.2) is 67.5 Å². The van der Waals surface area contributed by atoms with Crippen molar-refractivity contribution in [2.75, 3.05) is 19.8 Å². The number of aryl methyl sites for hydroxylation is 1. The van der Waals surface area contributed by atoms with Gasteiger partial charge in [0.05, 0.1) is 6.54 Å². The number of rotatable bonds is 6. The molecule has 1 aliphatic heterocycles. The van der Waals surface area contributed by atoms with Crippen molar-refractivity contribution in [3.63, 3.8) is 0 Å². The summed E-state index contributed by atoms with van der Waals surface area (Å²) < 4.78 is 17.6. The minimum Gasteiger partial charge on any atom is -0.491 e. The molecule has 2 heterocycles. The highest BCUT2D eigenvalue weighted by Crippen LogP contribution is 2.32. The molecule has 1 aliphatic rings. The smallest absolute Gasteiger partial charge is 0.147 e. The highest BCUT2D eigenvalue weighted by molar-refractivity contribution is 5.74. The van der Waals surface area contributed by atoms with Crippen LogP contribution in [0, 0.1) is 0 Å². The summed E-state index contributed by atoms with van der Waals surface area (Å²) in [4.78, 5) is 11.0. The van der Waals surface area contributed by atoms with Crippen LogP contribution in [0.2, 0.25) is 0 Å². The third kappa shape index (κ3) is 6.16. The van der Waals surface area contributed by atoms with Gasteiger partial charge in [-0.2, -0.15) is 0 Å². The summed E-state index contributed by atoms with van der Waals surface area (Å²) in [5, 5.41) is 0. The summed E-state index contributed by atoms with van der Waals surface area (Å²) in [7, 11) is 0. The molecule has 5 heteroatoms. The van der Waals surface area contributed by atoms with E-state index < -0.39 is 6.67 Å². The average molecular weight is 434 g/mol. The van der Waals surface area contributed by atoms with Crippen LogP contribution in [0.4, 0.5) is 4.39 Å². The van der Waals surface area contributed by atoms with E-state index in [0.29, 0.717) is 12.3 Å². The van der Waals surface area contributed by atoms with Gasteiger partial charge >= 0.3 is 0 Å². The number of hydrogen-bond acceptors (Lipinski definition) is 4. The summed E-state index contributed by atoms with van der Waals surface area (Å²) in [6.07, 6.45) is 6.89. The lowest BCUT2D eigenvalue weighted by atomic mass is 9.96. The zero-order valence-electron chi connectivity index (χ0n) is 19.1. The Kier molecular flexibility index (Phi) is 8.79. The minimum atomic E-state index is -0.487. The van der Waals surface area contributed by atoms with Crippen molar-refractivity contribution < 1.29 is 9.13 Å². The van der Waals surface area contributed by atoms with E-state index in [1.54, 1.807) is 12.4 Å². The van der Waals surface area contributed by atoms with Gasteiger partial charge in [0.15, 0.2) is 0 Å². The molecule has 0 amide bonds. The molecular formula is C27H32FN3O. The van der Waals surface area contributed by atoms with E-state index in [2.05, 4.69) is 53.5 Å². The summed E-state index contributed by atoms with van der Waals surface area (Å²) in [5.74, 6) is 1.48. The van der Waals surface area contributed by atoms with E-state index in [-0.39, 0.29) is 6.61 Å². The van der Waals surface area contributed by atoms with E-state index in [0.717, 1.165) is 42.0 Å². The second-order valence-corrected chi connectivity index (χ2v) is 7.78. The lowest BCUT2D eigenvalue weighted by Crippen LogP contribution is -2.22. The SMILES string of the molecule is C=C1c2cc(-c3ccc(OCCF)cc3)ccc2CCCN1Cc1ncccn1.CCC. The molecule has 3 aromatic rings. The fourth-order valence-corrected chi connectivity index (χ4v) is 3.67. The predicted octanol–water partition coefficient (Wildman–Crippen LogP) is 6.33. The molecule has 2 aromatic carbocycles. The number of halogens is 1. The van der Waals surface area contributed by atoms with E-state index in [9.17, 15) is 4.39 Å². The van der Waals surface area contributed by atoms with Gasteiger partial charge in [-0.25, -0.2) is 14.4 Å². The first-order chi connectivity index (χ1) is 15.7. The molecule has 4 rings (SSSR count). The molecule has 0 saturated heterocycles. The molecule has 4 nitrogen and oxygen atoms in total. The molecule has 0 spiro atoms. The van der Waals surface area contributed by atoms with Crippen molar-refractivity contribution in [2.45, 2.75) is 39.7 Å². The molecule has 0 saturated carbocycles. The van der Waals surface area contributed by atoms with Gasteiger partial charge in [-0.3, -0.25) is 0 Å². The van der Waals surface area contributed by atoms with Gasteiger partial charge in [0.25, 0.3) is 0 Å². The fraction of sp³-hybridized carbons (Fsp3) is 0.333. The van der Waals surface area contributed by atoms with Gasteiger partial charge in [0.1, 0.15) is 24.9 Å². The molecule has 0 radical (unpaired) electrons. The van der Waals surface area contributed by atoms with Crippen LogP contribution >= 0.6 is 0 Å². The van der Waals surface area contributed by atoms with Gasteiger partial charge in [-0.1, -0.05) is 51.1 Å². The monoisotopic (exact) mass is 433 g/mol. The maximum atomic E-state index is 12.3. The van der Waals surface area contributed by atoms with Crippen molar-refractivity contribution in [2.24, 2.45) is 0 Å². The minimum absolute atomic E-state index is 0.0823. The zero-order chi connectivity index (χ0) is 22.8. The van der Waals surface area contributed by atoms with Crippen LogP contribution in [0.1, 0.15) is 43.6 Å². The van der Waals surface area contributed by atoms with Crippen LogP contribution < -0.4 is 4.74 Å². The number of hydrogen-bond donors (Lipinski definition) is 0. The molecule has 0 bridgehead atoms. The highest BCUT2D eigenvalue weighted by Gasteiger charge is 2.19. The van der Waals surface area contributed by atoms with Crippen LogP contribution in [0.5, 0.6) is 5.75 Å². The van der Waals surface area contributed by atoms with Crippen molar-refractivity contribution >= 4 is 5.70 Å². The molecule has 0 unspecified atom stereocenters. The Morgan fingerprint density at radius 1 is 1.03 bits per heavy atom. The van der Waals surface area contributed by atoms with E-state index in [4.69, 9.17) is 4.74 Å². The molecule has 0 fully saturated rings. The third-order valence-corrected chi connectivity index (χ3v) is 5.16. The predicted molar refractivity (Wildman–Crippen MR) is 129 cm³/mol. The maximum absolute atomic E-state index is 12.3. The molecular weight excluding hydrogens is 401 g/mol. The number of fused-ring (bicyclic) bond motifs is 1. The third-order valence-electron chi connectivity index (χ3n) is 5.16. The maximum Gasteiger partial charge on any atom is 0.147 e. The summed E-state index contributed by atoms with van der Waals surface area (Å²) in [6, 6.07) is 16.2. The number of aromatic nitrogens is 2. The van der Waals surface area contributed by atoms with E-state index in [1.807, 2.05) is 30.3 Å². The first-order valence-corrected chi connectivity index (χ1v) is 11.3. The zero-order valence-corrected chi connectivity index (χ0v) is 19.1. The first kappa shape index (κ1) is 23.5. The molecule has 32 heavy (non-hydrogen) atoms. The first-order valence-electron chi connectivity index (χ1n) is 11.3. The van der Waals surface area contributed by atoms with Gasteiger partial charge in [-0.05, 0) is 53.8 Å². The Labute approximate surface area is 190 Å². The molecule has 0 atom stereocenters. The quantitative estimate of drug-likeness (QED) is 0.455. The van der Waals surface area contributed by atoms with Gasteiger partial charge in [0.2, 0.25) is 0 Å². The average Bonchev–Trinajstić information content (AvgIpc) is 2.98. The fourth-order valence-electron chi connectivity index (χ4n) is 3.67. The van der Waals surface area contributed by atoms with Crippen LogP contribution in [-0.2, 0) is 13.0 Å². The Bertz CT molecular complexity index is 990. The number of nitrogens with zero attached hydrogens (tertiary/aromatic N) is 3. The summed E-state index contributed by atoms with van der Waals surface area (Å²) in [6.45, 7) is 9.82. The second kappa shape index (κ2) is 12.0. The number of ether oxygens (including phenoxy) is 1. The Morgan fingerprint density at radius 2 is 1.72 bits per heavy atom. The lowest BCUT2D eigenvalue weighted by Gasteiger charge is -2.24. The number of alkyl halides is 1. The lowest BCUT2D eigenvalue weighted by molar-refractivity contribution is 0.273. The van der Waals surface area contributed by atoms with Crippen molar-refractivity contribution in [3.05, 3.63) is 84.5 Å². The Balaban J connectivity index is 0.000000913. The molecule has 0 aliphatic carbocycles. The second-order valence-electron chi connectivity index (χ2n) is 7.78. The van der Waals surface area contributed by atoms with Crippen LogP contribution in [0.3, 0.4) is 0 Å². The van der Waals surface area contributed by atoms with Gasteiger partial charge in [0, 0.05) is 30.2 Å². The van der Waals surface area contributed by atoms with Crippen molar-refractivity contribution in [3.8, 4) is 16.9 Å². The van der Waals surface area contributed by atoms with Gasteiger partial charge < -0.3 is 9.64 Å². The number of benzene rings is 2. The van der Waals surface area contributed by atoms with Crippen molar-refractivity contribution in [1.29, 1.82) is 0 Å². The Hall–Kier alpha value is -3.21. The van der Waals surface area contributed by atoms with Crippen LogP contribution in [-0.4, -0.2) is 34.7 Å². The van der Waals surface area contributed by atoms with E-state index >= 15 is 0 Å². The molecule has 1 aromatic heterocycles. The summed E-state index contributed by atoms with van der Waals surface area (Å²) in [5.41, 5.74) is 5.72. The van der Waals surface area contributed by atoms with Crippen LogP contribution in [0.25, 0.3) is 16.8 Å². The van der Waals surface area contributed by atoms with Crippen molar-refractivity contribution in [1.82, 2.24) is 14.9 Å². The molecule has 168 valence electrons. The Morgan fingerprint density at radius 3 is 2.41 bits per heavy atom. The normalized spacial score (nSPS) is 13.0. The van der Waals surface area contributed by atoms with Gasteiger partial charge in [-0.15, -0.1) is 0 Å². The largest absolute Gasteiger partial charge is 0.491 e. The van der Waals surface area contributed by atoms with E-state index in [1.165, 1.54) is 17.5 Å². The highest BCUT2D eigenvalue weighted by atomic mass is 19.1. The standard InChI is InChI=1S/C24H24FN3O.C3H8/c1-18-23-16-21(19-7-9-22(10-8-19)29-15-11-25)6-5-20(23)4-2-14-28(18)17-24-26-12-3-13-27-24;1-3-2/h3,5-10,12-13,16H,1-2,4,11,14-15,17H2;3H2,1-2H3. The molecule has 0 N–H and O–H groups in total. The summed E-state index contributed by atoms with van der Waals surface area (Å²) >= 11 is 0. The topological polar surface area (TPSA) is 38.2 Å².